The van der Waals surface area contributed by atoms with Crippen molar-refractivity contribution in [1.82, 2.24) is 10.1 Å². The summed E-state index contributed by atoms with van der Waals surface area (Å²) < 4.78 is 5.26. The number of amides is 2. The van der Waals surface area contributed by atoms with E-state index in [1.54, 1.807) is 12.3 Å². The van der Waals surface area contributed by atoms with Crippen molar-refractivity contribution < 1.29 is 9.32 Å². The second kappa shape index (κ2) is 7.11. The Kier molecular flexibility index (Phi) is 4.85. The quantitative estimate of drug-likeness (QED) is 0.630. The van der Waals surface area contributed by atoms with Crippen molar-refractivity contribution in [3.8, 4) is 11.1 Å². The molecule has 2 heterocycles. The highest BCUT2D eigenvalue weighted by Gasteiger charge is 2.20. The summed E-state index contributed by atoms with van der Waals surface area (Å²) in [6, 6.07) is 10.7. The number of anilines is 3. The smallest absolute Gasteiger partial charge is 0.324 e. The summed E-state index contributed by atoms with van der Waals surface area (Å²) in [5.41, 5.74) is 9.23. The first-order chi connectivity index (χ1) is 12.7. The number of pyridine rings is 1. The molecule has 0 aliphatic carbocycles. The number of hydrogen-bond donors (Lipinski definition) is 3. The molecule has 0 fully saturated rings. The monoisotopic (exact) mass is 365 g/mol. The molecule has 0 radical (unpaired) electrons. The number of hydrogen-bond acceptors (Lipinski definition) is 5. The molecule has 7 nitrogen and oxygen atoms in total. The van der Waals surface area contributed by atoms with Gasteiger partial charge in [-0.1, -0.05) is 38.1 Å². The van der Waals surface area contributed by atoms with Crippen LogP contribution in [0, 0.1) is 6.92 Å². The minimum atomic E-state index is -0.387. The Balaban J connectivity index is 1.66. The summed E-state index contributed by atoms with van der Waals surface area (Å²) >= 11 is 0. The zero-order valence-electron chi connectivity index (χ0n) is 15.8. The summed E-state index contributed by atoms with van der Waals surface area (Å²) in [4.78, 5) is 16.3. The van der Waals surface area contributed by atoms with Crippen molar-refractivity contribution in [2.75, 3.05) is 16.4 Å². The zero-order chi connectivity index (χ0) is 19.6. The van der Waals surface area contributed by atoms with Gasteiger partial charge in [0.15, 0.2) is 5.82 Å². The maximum absolute atomic E-state index is 12.2. The Morgan fingerprint density at radius 2 is 1.81 bits per heavy atom. The number of aryl methyl sites for hydroxylation is 1. The number of carbonyl (C=O) groups excluding carboxylic acids is 1. The second-order valence-corrected chi connectivity index (χ2v) is 7.41. The molecule has 0 unspecified atom stereocenters. The molecule has 0 aliphatic heterocycles. The molecule has 0 saturated heterocycles. The van der Waals surface area contributed by atoms with Crippen LogP contribution in [0.15, 0.2) is 47.1 Å². The highest BCUT2D eigenvalue weighted by Crippen LogP contribution is 2.26. The second-order valence-electron chi connectivity index (χ2n) is 7.41. The average Bonchev–Trinajstić information content (AvgIpc) is 3.04. The third kappa shape index (κ3) is 4.44. The number of rotatable bonds is 3. The van der Waals surface area contributed by atoms with Crippen LogP contribution in [0.4, 0.5) is 22.1 Å². The number of nitrogens with two attached hydrogens (primary N) is 1. The van der Waals surface area contributed by atoms with Crippen molar-refractivity contribution in [1.29, 1.82) is 0 Å². The predicted molar refractivity (Wildman–Crippen MR) is 107 cm³/mol. The molecule has 1 aromatic carbocycles. The van der Waals surface area contributed by atoms with Gasteiger partial charge in [0.1, 0.15) is 11.6 Å². The lowest BCUT2D eigenvalue weighted by molar-refractivity contribution is 0.262. The highest BCUT2D eigenvalue weighted by atomic mass is 16.5. The number of nitrogens with one attached hydrogen (secondary N) is 2. The van der Waals surface area contributed by atoms with Crippen LogP contribution in [0.2, 0.25) is 0 Å². The largest absolute Gasteiger partial charge is 0.384 e. The van der Waals surface area contributed by atoms with E-state index in [-0.39, 0.29) is 11.4 Å². The highest BCUT2D eigenvalue weighted by molar-refractivity contribution is 5.99. The van der Waals surface area contributed by atoms with E-state index >= 15 is 0 Å². The third-order valence-electron chi connectivity index (χ3n) is 4.08. The minimum Gasteiger partial charge on any atom is -0.384 e. The van der Waals surface area contributed by atoms with Gasteiger partial charge in [-0.3, -0.25) is 5.32 Å². The lowest BCUT2D eigenvalue weighted by Crippen LogP contribution is -2.19. The van der Waals surface area contributed by atoms with E-state index in [2.05, 4.69) is 20.8 Å². The summed E-state index contributed by atoms with van der Waals surface area (Å²) in [6.45, 7) is 8.02. The van der Waals surface area contributed by atoms with Crippen molar-refractivity contribution in [2.45, 2.75) is 33.1 Å². The van der Waals surface area contributed by atoms with E-state index in [1.807, 2.05) is 58.0 Å². The van der Waals surface area contributed by atoms with Crippen LogP contribution in [0.5, 0.6) is 0 Å². The Morgan fingerprint density at radius 1 is 1.11 bits per heavy atom. The Morgan fingerprint density at radius 3 is 2.41 bits per heavy atom. The molecule has 4 N–H and O–H groups in total. The van der Waals surface area contributed by atoms with Gasteiger partial charge in [0.2, 0.25) is 0 Å². The van der Waals surface area contributed by atoms with E-state index in [0.29, 0.717) is 23.1 Å². The summed E-state index contributed by atoms with van der Waals surface area (Å²) in [6.07, 6.45) is 1.75. The summed E-state index contributed by atoms with van der Waals surface area (Å²) in [7, 11) is 0. The molecule has 0 atom stereocenters. The first-order valence-corrected chi connectivity index (χ1v) is 8.60. The lowest BCUT2D eigenvalue weighted by atomic mass is 9.93. The van der Waals surface area contributed by atoms with Gasteiger partial charge in [-0.15, -0.1) is 0 Å². The Bertz CT molecular complexity index is 955. The van der Waals surface area contributed by atoms with E-state index in [4.69, 9.17) is 10.3 Å². The van der Waals surface area contributed by atoms with Gasteiger partial charge in [-0.2, -0.15) is 0 Å². The van der Waals surface area contributed by atoms with E-state index < -0.39 is 0 Å². The molecule has 140 valence electrons. The van der Waals surface area contributed by atoms with E-state index in [0.717, 1.165) is 16.7 Å². The fourth-order valence-electron chi connectivity index (χ4n) is 2.58. The van der Waals surface area contributed by atoms with Gasteiger partial charge in [0.25, 0.3) is 0 Å². The maximum atomic E-state index is 12.2. The third-order valence-corrected chi connectivity index (χ3v) is 4.08. The zero-order valence-corrected chi connectivity index (χ0v) is 15.8. The van der Waals surface area contributed by atoms with Crippen molar-refractivity contribution in [3.05, 3.63) is 53.9 Å². The lowest BCUT2D eigenvalue weighted by Gasteiger charge is -2.12. The normalized spacial score (nSPS) is 11.3. The van der Waals surface area contributed by atoms with Crippen LogP contribution in [-0.4, -0.2) is 16.2 Å². The van der Waals surface area contributed by atoms with Crippen LogP contribution in [0.25, 0.3) is 11.1 Å². The molecule has 0 bridgehead atoms. The molecular weight excluding hydrogens is 342 g/mol. The first-order valence-electron chi connectivity index (χ1n) is 8.60. The van der Waals surface area contributed by atoms with E-state index in [1.165, 1.54) is 0 Å². The van der Waals surface area contributed by atoms with E-state index in [9.17, 15) is 4.79 Å². The molecule has 3 rings (SSSR count). The molecule has 2 aromatic heterocycles. The molecule has 0 aliphatic rings. The number of nitrogens with zero attached hydrogens (tertiary/aromatic N) is 2. The molecule has 2 amide bonds. The predicted octanol–water partition coefficient (Wildman–Crippen LogP) is 4.57. The van der Waals surface area contributed by atoms with Crippen molar-refractivity contribution >= 4 is 23.4 Å². The van der Waals surface area contributed by atoms with Gasteiger partial charge in [0.05, 0.1) is 0 Å². The molecule has 0 spiro atoms. The van der Waals surface area contributed by atoms with Crippen molar-refractivity contribution in [2.24, 2.45) is 0 Å². The number of nitrogen functional groups attached to an aromatic ring is 1. The van der Waals surface area contributed by atoms with Crippen LogP contribution in [0.1, 0.15) is 32.1 Å². The summed E-state index contributed by atoms with van der Waals surface area (Å²) in [5.74, 6) is 1.57. The molecular formula is C20H23N5O2. The minimum absolute atomic E-state index is 0.172. The number of urea groups is 1. The van der Waals surface area contributed by atoms with Gasteiger partial charge in [-0.25, -0.2) is 9.78 Å². The topological polar surface area (TPSA) is 106 Å². The Hall–Kier alpha value is -3.35. The van der Waals surface area contributed by atoms with Gasteiger partial charge < -0.3 is 15.6 Å². The Labute approximate surface area is 158 Å². The molecule has 3 aromatic rings. The molecule has 7 heteroatoms. The van der Waals surface area contributed by atoms with Crippen LogP contribution in [0.3, 0.4) is 0 Å². The number of aromatic nitrogens is 2. The van der Waals surface area contributed by atoms with Crippen LogP contribution < -0.4 is 16.4 Å². The van der Waals surface area contributed by atoms with Gasteiger partial charge >= 0.3 is 6.03 Å². The first kappa shape index (κ1) is 18.4. The fourth-order valence-corrected chi connectivity index (χ4v) is 2.58. The fraction of sp³-hybridized carbons (Fsp3) is 0.250. The van der Waals surface area contributed by atoms with Crippen LogP contribution in [-0.2, 0) is 5.41 Å². The molecule has 0 saturated carbocycles. The maximum Gasteiger partial charge on any atom is 0.324 e. The molecule has 27 heavy (non-hydrogen) atoms. The van der Waals surface area contributed by atoms with Crippen molar-refractivity contribution in [3.63, 3.8) is 0 Å². The number of benzene rings is 1. The number of carbonyl (C=O) groups is 1. The standard InChI is InChI=1S/C20H23N5O2/c1-12-9-17(21)22-11-15(12)13-5-7-14(8-6-13)23-19(26)24-18-10-16(27-25-18)20(2,3)4/h5-11H,1-4H3,(H2,21,22)(H2,23,24,25,26). The van der Waals surface area contributed by atoms with Crippen LogP contribution >= 0.6 is 0 Å². The average molecular weight is 365 g/mol. The SMILES string of the molecule is Cc1cc(N)ncc1-c1ccc(NC(=O)Nc2cc(C(C)(C)C)on2)cc1. The van der Waals surface area contributed by atoms with Gasteiger partial charge in [0, 0.05) is 28.9 Å². The summed E-state index contributed by atoms with van der Waals surface area (Å²) in [5, 5.41) is 9.31. The van der Waals surface area contributed by atoms with Gasteiger partial charge in [-0.05, 0) is 36.2 Å².